The molecule has 0 saturated carbocycles. The second-order valence-electron chi connectivity index (χ2n) is 3.83. The average molecular weight is 324 g/mol. The molecule has 0 fully saturated rings. The molecule has 2 aromatic rings. The van der Waals surface area contributed by atoms with E-state index in [1.807, 2.05) is 24.3 Å². The molecule has 2 rings (SSSR count). The highest BCUT2D eigenvalue weighted by Gasteiger charge is 2.12. The van der Waals surface area contributed by atoms with Crippen molar-refractivity contribution in [1.82, 2.24) is 5.16 Å². The number of halogens is 1. The zero-order chi connectivity index (χ0) is 13.7. The monoisotopic (exact) mass is 323 g/mol. The Balaban J connectivity index is 2.22. The van der Waals surface area contributed by atoms with Crippen LogP contribution in [0.25, 0.3) is 11.3 Å². The molecule has 0 radical (unpaired) electrons. The molecular weight excluding hydrogens is 310 g/mol. The van der Waals surface area contributed by atoms with Crippen LogP contribution in [0.1, 0.15) is 5.76 Å². The summed E-state index contributed by atoms with van der Waals surface area (Å²) in [6.45, 7) is 4.44. The summed E-state index contributed by atoms with van der Waals surface area (Å²) in [6.07, 6.45) is 1.69. The van der Waals surface area contributed by atoms with Crippen molar-refractivity contribution in [1.29, 1.82) is 0 Å². The summed E-state index contributed by atoms with van der Waals surface area (Å²) in [5.41, 5.74) is 1.59. The van der Waals surface area contributed by atoms with Crippen LogP contribution >= 0.6 is 15.9 Å². The van der Waals surface area contributed by atoms with Gasteiger partial charge in [-0.2, -0.15) is 0 Å². The Hall–Kier alpha value is -1.59. The largest absolute Gasteiger partial charge is 0.496 e. The lowest BCUT2D eigenvalue weighted by Gasteiger charge is -2.05. The van der Waals surface area contributed by atoms with E-state index < -0.39 is 0 Å². The minimum Gasteiger partial charge on any atom is -0.496 e. The van der Waals surface area contributed by atoms with Gasteiger partial charge in [-0.3, -0.25) is 0 Å². The molecule has 0 aliphatic carbocycles. The van der Waals surface area contributed by atoms with Gasteiger partial charge in [-0.25, -0.2) is 0 Å². The van der Waals surface area contributed by atoms with Crippen molar-refractivity contribution in [3.63, 3.8) is 0 Å². The molecule has 0 aliphatic heterocycles. The van der Waals surface area contributed by atoms with Crippen LogP contribution in [0.5, 0.6) is 5.75 Å². The van der Waals surface area contributed by atoms with Crippen LogP contribution in [0.3, 0.4) is 0 Å². The number of hydrogen-bond donors (Lipinski definition) is 0. The maximum atomic E-state index is 5.32. The summed E-state index contributed by atoms with van der Waals surface area (Å²) in [6, 6.07) is 7.57. The van der Waals surface area contributed by atoms with E-state index >= 15 is 0 Å². The number of nitrogens with zero attached hydrogens (tertiary/aromatic N) is 1. The van der Waals surface area contributed by atoms with E-state index in [0.717, 1.165) is 21.5 Å². The standard InChI is InChI=1S/C14H14BrNO3/c1-3-6-18-9-11-8-13(16-19-11)12-7-10(15)4-5-14(12)17-2/h3-5,7-8H,1,6,9H2,2H3. The summed E-state index contributed by atoms with van der Waals surface area (Å²) >= 11 is 3.43. The van der Waals surface area contributed by atoms with Crippen LogP contribution in [0.15, 0.2) is 45.9 Å². The second-order valence-corrected chi connectivity index (χ2v) is 4.74. The predicted molar refractivity (Wildman–Crippen MR) is 76.0 cm³/mol. The molecule has 1 aromatic carbocycles. The quantitative estimate of drug-likeness (QED) is 0.599. The number of aromatic nitrogens is 1. The Bertz CT molecular complexity index is 566. The predicted octanol–water partition coefficient (Wildman–Crippen LogP) is 3.82. The van der Waals surface area contributed by atoms with Gasteiger partial charge >= 0.3 is 0 Å². The molecule has 0 saturated heterocycles. The molecule has 0 aliphatic rings. The average Bonchev–Trinajstić information content (AvgIpc) is 2.88. The van der Waals surface area contributed by atoms with Crippen molar-refractivity contribution in [3.8, 4) is 17.0 Å². The molecule has 0 N–H and O–H groups in total. The summed E-state index contributed by atoms with van der Waals surface area (Å²) < 4.78 is 16.8. The second kappa shape index (κ2) is 6.54. The Morgan fingerprint density at radius 2 is 2.26 bits per heavy atom. The first-order valence-electron chi connectivity index (χ1n) is 5.72. The SMILES string of the molecule is C=CCOCc1cc(-c2cc(Br)ccc2OC)no1. The summed E-state index contributed by atoms with van der Waals surface area (Å²) in [4.78, 5) is 0. The van der Waals surface area contributed by atoms with Crippen LogP contribution in [0, 0.1) is 0 Å². The number of benzene rings is 1. The van der Waals surface area contributed by atoms with Crippen molar-refractivity contribution in [2.45, 2.75) is 6.61 Å². The first-order valence-corrected chi connectivity index (χ1v) is 6.52. The van der Waals surface area contributed by atoms with Gasteiger partial charge in [0.2, 0.25) is 0 Å². The number of ether oxygens (including phenoxy) is 2. The topological polar surface area (TPSA) is 44.5 Å². The first kappa shape index (κ1) is 13.8. The molecule has 0 amide bonds. The Morgan fingerprint density at radius 3 is 3.00 bits per heavy atom. The smallest absolute Gasteiger partial charge is 0.163 e. The maximum absolute atomic E-state index is 5.32. The van der Waals surface area contributed by atoms with Crippen LogP contribution in [0.2, 0.25) is 0 Å². The molecule has 1 aromatic heterocycles. The van der Waals surface area contributed by atoms with Crippen LogP contribution in [0.4, 0.5) is 0 Å². The summed E-state index contributed by atoms with van der Waals surface area (Å²) in [5, 5.41) is 4.03. The van der Waals surface area contributed by atoms with Gasteiger partial charge in [0, 0.05) is 16.1 Å². The van der Waals surface area contributed by atoms with E-state index in [9.17, 15) is 0 Å². The highest BCUT2D eigenvalue weighted by atomic mass is 79.9. The highest BCUT2D eigenvalue weighted by Crippen LogP contribution is 2.32. The van der Waals surface area contributed by atoms with Gasteiger partial charge in [0.05, 0.1) is 13.7 Å². The molecule has 1 heterocycles. The highest BCUT2D eigenvalue weighted by molar-refractivity contribution is 9.10. The summed E-state index contributed by atoms with van der Waals surface area (Å²) in [5.74, 6) is 1.41. The number of rotatable bonds is 6. The first-order chi connectivity index (χ1) is 9.24. The normalized spacial score (nSPS) is 10.4. The fraction of sp³-hybridized carbons (Fsp3) is 0.214. The van der Waals surface area contributed by atoms with Gasteiger partial charge in [-0.15, -0.1) is 6.58 Å². The van der Waals surface area contributed by atoms with E-state index in [1.165, 1.54) is 0 Å². The van der Waals surface area contributed by atoms with Crippen molar-refractivity contribution < 1.29 is 14.0 Å². The Kier molecular flexibility index (Phi) is 4.76. The molecule has 0 bridgehead atoms. The van der Waals surface area contributed by atoms with Crippen LogP contribution in [-0.2, 0) is 11.3 Å². The molecule has 0 spiro atoms. The molecule has 4 nitrogen and oxygen atoms in total. The zero-order valence-corrected chi connectivity index (χ0v) is 12.1. The van der Waals surface area contributed by atoms with E-state index in [2.05, 4.69) is 27.7 Å². The molecule has 100 valence electrons. The minimum absolute atomic E-state index is 0.370. The van der Waals surface area contributed by atoms with Crippen LogP contribution in [-0.4, -0.2) is 18.9 Å². The van der Waals surface area contributed by atoms with Gasteiger partial charge in [0.1, 0.15) is 18.1 Å². The van der Waals surface area contributed by atoms with Gasteiger partial charge < -0.3 is 14.0 Å². The van der Waals surface area contributed by atoms with E-state index in [4.69, 9.17) is 14.0 Å². The summed E-state index contributed by atoms with van der Waals surface area (Å²) in [7, 11) is 1.63. The van der Waals surface area contributed by atoms with E-state index in [-0.39, 0.29) is 0 Å². The third kappa shape index (κ3) is 3.45. The number of methoxy groups -OCH3 is 1. The fourth-order valence-electron chi connectivity index (χ4n) is 1.63. The lowest BCUT2D eigenvalue weighted by molar-refractivity contribution is 0.125. The van der Waals surface area contributed by atoms with Crippen molar-refractivity contribution >= 4 is 15.9 Å². The molecule has 19 heavy (non-hydrogen) atoms. The number of hydrogen-bond acceptors (Lipinski definition) is 4. The van der Waals surface area contributed by atoms with E-state index in [1.54, 1.807) is 13.2 Å². The van der Waals surface area contributed by atoms with Gasteiger partial charge in [-0.1, -0.05) is 27.2 Å². The Labute approximate surface area is 120 Å². The molecule has 0 unspecified atom stereocenters. The third-order valence-corrected chi connectivity index (χ3v) is 2.97. The molecule has 0 atom stereocenters. The zero-order valence-electron chi connectivity index (χ0n) is 10.6. The fourth-order valence-corrected chi connectivity index (χ4v) is 1.99. The lowest BCUT2D eigenvalue weighted by Crippen LogP contribution is -1.90. The maximum Gasteiger partial charge on any atom is 0.163 e. The Morgan fingerprint density at radius 1 is 1.42 bits per heavy atom. The van der Waals surface area contributed by atoms with Crippen molar-refractivity contribution in [3.05, 3.63) is 47.2 Å². The van der Waals surface area contributed by atoms with Gasteiger partial charge in [0.15, 0.2) is 5.76 Å². The lowest BCUT2D eigenvalue weighted by atomic mass is 10.1. The van der Waals surface area contributed by atoms with Crippen molar-refractivity contribution in [2.24, 2.45) is 0 Å². The minimum atomic E-state index is 0.370. The molecular formula is C14H14BrNO3. The van der Waals surface area contributed by atoms with Gasteiger partial charge in [0.25, 0.3) is 0 Å². The third-order valence-electron chi connectivity index (χ3n) is 2.48. The van der Waals surface area contributed by atoms with E-state index in [0.29, 0.717) is 19.0 Å². The van der Waals surface area contributed by atoms with Crippen LogP contribution < -0.4 is 4.74 Å². The molecule has 5 heteroatoms. The van der Waals surface area contributed by atoms with Gasteiger partial charge in [-0.05, 0) is 18.2 Å². The van der Waals surface area contributed by atoms with Crippen molar-refractivity contribution in [2.75, 3.05) is 13.7 Å².